The van der Waals surface area contributed by atoms with Gasteiger partial charge in [-0.1, -0.05) is 0 Å². The number of nitrogen functional groups attached to an aromatic ring is 1. The second kappa shape index (κ2) is 5.34. The molecule has 6 nitrogen and oxygen atoms in total. The van der Waals surface area contributed by atoms with E-state index in [1.165, 1.54) is 12.1 Å². The Labute approximate surface area is 92.4 Å². The van der Waals surface area contributed by atoms with Crippen LogP contribution < -0.4 is 16.2 Å². The zero-order chi connectivity index (χ0) is 12.1. The van der Waals surface area contributed by atoms with Crippen molar-refractivity contribution in [1.82, 2.24) is 0 Å². The van der Waals surface area contributed by atoms with E-state index in [0.717, 1.165) is 0 Å². The molecule has 0 spiro atoms. The van der Waals surface area contributed by atoms with Crippen molar-refractivity contribution >= 4 is 11.6 Å². The molecule has 1 atom stereocenters. The van der Waals surface area contributed by atoms with Gasteiger partial charge in [0.15, 0.2) is 0 Å². The molecule has 0 fully saturated rings. The van der Waals surface area contributed by atoms with Gasteiger partial charge in [0, 0.05) is 5.69 Å². The number of anilines is 1. The molecule has 0 aliphatic rings. The molecule has 0 bridgehead atoms. The predicted octanol–water partition coefficient (Wildman–Crippen LogP) is -0.900. The summed E-state index contributed by atoms with van der Waals surface area (Å²) in [6.45, 7) is -0.540. The first-order valence-electron chi connectivity index (χ1n) is 4.65. The largest absolute Gasteiger partial charge is 0.490 e. The molecule has 0 aromatic heterocycles. The maximum atomic E-state index is 11.1. The third-order valence-corrected chi connectivity index (χ3v) is 1.91. The average Bonchev–Trinajstić information content (AvgIpc) is 2.26. The van der Waals surface area contributed by atoms with Crippen LogP contribution in [0.15, 0.2) is 18.2 Å². The Balaban J connectivity index is 2.82. The Morgan fingerprint density at radius 3 is 2.75 bits per heavy atom. The summed E-state index contributed by atoms with van der Waals surface area (Å²) in [4.78, 5) is 11.1. The fraction of sp³-hybridized carbons (Fsp3) is 0.300. The summed E-state index contributed by atoms with van der Waals surface area (Å²) in [6.07, 6.45) is -1.00. The molecule has 1 aromatic rings. The van der Waals surface area contributed by atoms with Gasteiger partial charge in [-0.3, -0.25) is 4.79 Å². The van der Waals surface area contributed by atoms with E-state index in [1.807, 2.05) is 0 Å². The van der Waals surface area contributed by atoms with Crippen LogP contribution in [0.25, 0.3) is 0 Å². The second-order valence-corrected chi connectivity index (χ2v) is 3.27. The number of ether oxygens (including phenoxy) is 1. The van der Waals surface area contributed by atoms with E-state index < -0.39 is 18.6 Å². The lowest BCUT2D eigenvalue weighted by Crippen LogP contribution is -2.22. The number of primary amides is 1. The van der Waals surface area contributed by atoms with Gasteiger partial charge in [0.25, 0.3) is 5.91 Å². The number of carbonyl (C=O) groups excluding carboxylic acids is 1. The van der Waals surface area contributed by atoms with Crippen LogP contribution in [-0.2, 0) is 0 Å². The number of rotatable bonds is 5. The van der Waals surface area contributed by atoms with Crippen molar-refractivity contribution < 1.29 is 19.7 Å². The Hall–Kier alpha value is -1.79. The van der Waals surface area contributed by atoms with Crippen molar-refractivity contribution in [3.63, 3.8) is 0 Å². The zero-order valence-corrected chi connectivity index (χ0v) is 8.59. The molecule has 0 heterocycles. The molecule has 16 heavy (non-hydrogen) atoms. The van der Waals surface area contributed by atoms with Crippen LogP contribution in [0.5, 0.6) is 5.75 Å². The molecule has 0 saturated carbocycles. The number of carbonyl (C=O) groups is 1. The van der Waals surface area contributed by atoms with E-state index >= 15 is 0 Å². The molecule has 1 rings (SSSR count). The Morgan fingerprint density at radius 1 is 1.50 bits per heavy atom. The molecule has 1 aromatic carbocycles. The number of amides is 1. The van der Waals surface area contributed by atoms with Crippen LogP contribution in [0, 0.1) is 0 Å². The maximum Gasteiger partial charge on any atom is 0.252 e. The highest BCUT2D eigenvalue weighted by Gasteiger charge is 2.11. The Morgan fingerprint density at radius 2 is 2.19 bits per heavy atom. The summed E-state index contributed by atoms with van der Waals surface area (Å²) in [6, 6.07) is 4.43. The lowest BCUT2D eigenvalue weighted by atomic mass is 10.1. The van der Waals surface area contributed by atoms with Crippen LogP contribution in [0.4, 0.5) is 5.69 Å². The van der Waals surface area contributed by atoms with E-state index in [-0.39, 0.29) is 17.9 Å². The lowest BCUT2D eigenvalue weighted by Gasteiger charge is -2.12. The number of nitrogens with two attached hydrogens (primary N) is 2. The second-order valence-electron chi connectivity index (χ2n) is 3.27. The van der Waals surface area contributed by atoms with Gasteiger partial charge in [-0.05, 0) is 18.2 Å². The number of hydrogen-bond donors (Lipinski definition) is 4. The molecule has 0 radical (unpaired) electrons. The Kier molecular flexibility index (Phi) is 4.10. The third-order valence-electron chi connectivity index (χ3n) is 1.91. The maximum absolute atomic E-state index is 11.1. The third kappa shape index (κ3) is 3.11. The van der Waals surface area contributed by atoms with Gasteiger partial charge in [-0.2, -0.15) is 0 Å². The molecule has 1 amide bonds. The number of aliphatic hydroxyl groups excluding tert-OH is 2. The average molecular weight is 226 g/mol. The minimum Gasteiger partial charge on any atom is -0.490 e. The van der Waals surface area contributed by atoms with Crippen molar-refractivity contribution in [2.24, 2.45) is 5.73 Å². The van der Waals surface area contributed by atoms with E-state index in [2.05, 4.69) is 0 Å². The monoisotopic (exact) mass is 226 g/mol. The van der Waals surface area contributed by atoms with Gasteiger partial charge >= 0.3 is 0 Å². The highest BCUT2D eigenvalue weighted by atomic mass is 16.5. The van der Waals surface area contributed by atoms with Crippen molar-refractivity contribution in [3.8, 4) is 5.75 Å². The van der Waals surface area contributed by atoms with Crippen LogP contribution in [0.3, 0.4) is 0 Å². The summed E-state index contributed by atoms with van der Waals surface area (Å²) in [5.41, 5.74) is 11.2. The highest BCUT2D eigenvalue weighted by molar-refractivity contribution is 5.96. The van der Waals surface area contributed by atoms with Crippen LogP contribution in [0.1, 0.15) is 10.4 Å². The van der Waals surface area contributed by atoms with Crippen molar-refractivity contribution in [3.05, 3.63) is 23.8 Å². The standard InChI is InChI=1S/C10H14N2O4/c11-6-1-2-9(8(3-6)10(12)15)16-5-7(14)4-13/h1-3,7,13-14H,4-5,11H2,(H2,12,15). The molecule has 6 N–H and O–H groups in total. The molecular formula is C10H14N2O4. The molecule has 6 heteroatoms. The molecule has 0 aliphatic heterocycles. The van der Waals surface area contributed by atoms with E-state index in [0.29, 0.717) is 5.69 Å². The minimum absolute atomic E-state index is 0.124. The van der Waals surface area contributed by atoms with Gasteiger partial charge in [-0.25, -0.2) is 0 Å². The van der Waals surface area contributed by atoms with Gasteiger partial charge in [0.1, 0.15) is 18.5 Å². The van der Waals surface area contributed by atoms with Gasteiger partial charge in [0.05, 0.1) is 12.2 Å². The number of aliphatic hydroxyl groups is 2. The van der Waals surface area contributed by atoms with Gasteiger partial charge < -0.3 is 26.4 Å². The molecule has 0 aliphatic carbocycles. The van der Waals surface area contributed by atoms with E-state index in [1.54, 1.807) is 6.07 Å². The normalized spacial score (nSPS) is 12.1. The summed E-state index contributed by atoms with van der Waals surface area (Å²) in [7, 11) is 0. The molecule has 88 valence electrons. The first kappa shape index (κ1) is 12.3. The first-order valence-corrected chi connectivity index (χ1v) is 4.65. The summed E-state index contributed by atoms with van der Waals surface area (Å²) in [5.74, 6) is -0.435. The van der Waals surface area contributed by atoms with E-state index in [4.69, 9.17) is 26.4 Å². The van der Waals surface area contributed by atoms with Crippen molar-refractivity contribution in [1.29, 1.82) is 0 Å². The quantitative estimate of drug-likeness (QED) is 0.485. The van der Waals surface area contributed by atoms with E-state index in [9.17, 15) is 4.79 Å². The SMILES string of the molecule is NC(=O)c1cc(N)ccc1OCC(O)CO. The Bertz CT molecular complexity index is 381. The summed E-state index contributed by atoms with van der Waals surface area (Å²) < 4.78 is 5.14. The molecule has 0 saturated heterocycles. The van der Waals surface area contributed by atoms with Crippen LogP contribution in [-0.4, -0.2) is 35.4 Å². The lowest BCUT2D eigenvalue weighted by molar-refractivity contribution is 0.0531. The van der Waals surface area contributed by atoms with Gasteiger partial charge in [0.2, 0.25) is 0 Å². The number of hydrogen-bond acceptors (Lipinski definition) is 5. The summed E-state index contributed by atoms with van der Waals surface area (Å²) in [5, 5.41) is 17.7. The minimum atomic E-state index is -1.00. The zero-order valence-electron chi connectivity index (χ0n) is 8.59. The van der Waals surface area contributed by atoms with Crippen molar-refractivity contribution in [2.45, 2.75) is 6.10 Å². The predicted molar refractivity (Wildman–Crippen MR) is 58.0 cm³/mol. The fourth-order valence-corrected chi connectivity index (χ4v) is 1.10. The molecular weight excluding hydrogens is 212 g/mol. The van der Waals surface area contributed by atoms with Crippen molar-refractivity contribution in [2.75, 3.05) is 18.9 Å². The first-order chi connectivity index (χ1) is 7.54. The van der Waals surface area contributed by atoms with Crippen LogP contribution >= 0.6 is 0 Å². The highest BCUT2D eigenvalue weighted by Crippen LogP contribution is 2.21. The smallest absolute Gasteiger partial charge is 0.252 e. The van der Waals surface area contributed by atoms with Gasteiger partial charge in [-0.15, -0.1) is 0 Å². The molecule has 1 unspecified atom stereocenters. The topological polar surface area (TPSA) is 119 Å². The summed E-state index contributed by atoms with van der Waals surface area (Å²) >= 11 is 0. The fourth-order valence-electron chi connectivity index (χ4n) is 1.10. The number of benzene rings is 1. The van der Waals surface area contributed by atoms with Crippen LogP contribution in [0.2, 0.25) is 0 Å².